The summed E-state index contributed by atoms with van der Waals surface area (Å²) < 4.78 is 0. The first-order chi connectivity index (χ1) is 9.17. The molecule has 1 aliphatic heterocycles. The van der Waals surface area contributed by atoms with E-state index in [4.69, 9.17) is 0 Å². The van der Waals surface area contributed by atoms with E-state index in [1.165, 1.54) is 25.7 Å². The average Bonchev–Trinajstić information content (AvgIpc) is 2.89. The standard InChI is InChI=1S/C15H26N2O2/c1-3-7-12-15(19)17(10-11-8-5-6-9-11)13(4-2)14(18)16-12/h11-13H,3-10H2,1-2H3,(H,16,18). The van der Waals surface area contributed by atoms with Gasteiger partial charge >= 0.3 is 0 Å². The number of nitrogens with zero attached hydrogens (tertiary/aromatic N) is 1. The van der Waals surface area contributed by atoms with Gasteiger partial charge in [-0.2, -0.15) is 0 Å². The molecule has 0 aromatic heterocycles. The van der Waals surface area contributed by atoms with E-state index in [2.05, 4.69) is 5.32 Å². The van der Waals surface area contributed by atoms with Crippen LogP contribution in [0.3, 0.4) is 0 Å². The van der Waals surface area contributed by atoms with Crippen LogP contribution in [0.15, 0.2) is 0 Å². The van der Waals surface area contributed by atoms with Gasteiger partial charge in [0, 0.05) is 6.54 Å². The molecule has 1 saturated carbocycles. The van der Waals surface area contributed by atoms with Crippen LogP contribution in [0.1, 0.15) is 58.8 Å². The SMILES string of the molecule is CCCC1NC(=O)C(CC)N(CC2CCCC2)C1=O. The Balaban J connectivity index is 2.08. The molecule has 0 spiro atoms. The molecule has 2 aliphatic rings. The van der Waals surface area contributed by atoms with Crippen LogP contribution in [0.5, 0.6) is 0 Å². The van der Waals surface area contributed by atoms with Crippen LogP contribution < -0.4 is 5.32 Å². The molecule has 2 rings (SSSR count). The van der Waals surface area contributed by atoms with Gasteiger partial charge in [0.1, 0.15) is 12.1 Å². The van der Waals surface area contributed by atoms with Crippen molar-refractivity contribution >= 4 is 11.8 Å². The third kappa shape index (κ3) is 3.10. The Morgan fingerprint density at radius 3 is 2.47 bits per heavy atom. The van der Waals surface area contributed by atoms with E-state index in [1.807, 2.05) is 18.7 Å². The Morgan fingerprint density at radius 1 is 1.21 bits per heavy atom. The summed E-state index contributed by atoms with van der Waals surface area (Å²) in [6.07, 6.45) is 7.35. The minimum absolute atomic E-state index is 0.0403. The van der Waals surface area contributed by atoms with Crippen molar-refractivity contribution < 1.29 is 9.59 Å². The average molecular weight is 266 g/mol. The molecule has 2 atom stereocenters. The van der Waals surface area contributed by atoms with E-state index in [1.54, 1.807) is 0 Å². The Bertz CT molecular complexity index is 337. The molecule has 19 heavy (non-hydrogen) atoms. The van der Waals surface area contributed by atoms with Crippen LogP contribution in [0.25, 0.3) is 0 Å². The quantitative estimate of drug-likeness (QED) is 0.828. The number of nitrogens with one attached hydrogen (secondary N) is 1. The van der Waals surface area contributed by atoms with Gasteiger partial charge in [-0.1, -0.05) is 33.1 Å². The number of hydrogen-bond donors (Lipinski definition) is 1. The van der Waals surface area contributed by atoms with Crippen molar-refractivity contribution in [1.82, 2.24) is 10.2 Å². The highest BCUT2D eigenvalue weighted by molar-refractivity contribution is 5.96. The Labute approximate surface area is 115 Å². The zero-order chi connectivity index (χ0) is 13.8. The fourth-order valence-corrected chi connectivity index (χ4v) is 3.40. The summed E-state index contributed by atoms with van der Waals surface area (Å²) >= 11 is 0. The lowest BCUT2D eigenvalue weighted by Gasteiger charge is -2.40. The van der Waals surface area contributed by atoms with Crippen molar-refractivity contribution in [3.05, 3.63) is 0 Å². The summed E-state index contributed by atoms with van der Waals surface area (Å²) in [7, 11) is 0. The van der Waals surface area contributed by atoms with E-state index < -0.39 is 0 Å². The van der Waals surface area contributed by atoms with Crippen molar-refractivity contribution in [1.29, 1.82) is 0 Å². The third-order valence-corrected chi connectivity index (χ3v) is 4.47. The Hall–Kier alpha value is -1.06. The summed E-state index contributed by atoms with van der Waals surface area (Å²) in [4.78, 5) is 26.5. The van der Waals surface area contributed by atoms with Crippen LogP contribution in [-0.2, 0) is 9.59 Å². The molecular formula is C15H26N2O2. The zero-order valence-corrected chi connectivity index (χ0v) is 12.2. The number of rotatable bonds is 5. The summed E-state index contributed by atoms with van der Waals surface area (Å²) in [5, 5.41) is 2.89. The van der Waals surface area contributed by atoms with Crippen molar-refractivity contribution in [2.75, 3.05) is 6.54 Å². The van der Waals surface area contributed by atoms with Gasteiger partial charge in [0.15, 0.2) is 0 Å². The zero-order valence-electron chi connectivity index (χ0n) is 12.2. The molecule has 0 radical (unpaired) electrons. The number of piperazine rings is 1. The van der Waals surface area contributed by atoms with E-state index >= 15 is 0 Å². The maximum absolute atomic E-state index is 12.5. The van der Waals surface area contributed by atoms with Gasteiger partial charge in [-0.05, 0) is 31.6 Å². The largest absolute Gasteiger partial charge is 0.343 e. The highest BCUT2D eigenvalue weighted by Crippen LogP contribution is 2.28. The number of carbonyl (C=O) groups is 2. The number of carbonyl (C=O) groups excluding carboxylic acids is 2. The molecule has 2 unspecified atom stereocenters. The normalized spacial score (nSPS) is 28.8. The molecular weight excluding hydrogens is 240 g/mol. The van der Waals surface area contributed by atoms with Gasteiger partial charge in [-0.15, -0.1) is 0 Å². The van der Waals surface area contributed by atoms with Gasteiger partial charge in [-0.25, -0.2) is 0 Å². The lowest BCUT2D eigenvalue weighted by Crippen LogP contribution is -2.63. The molecule has 1 saturated heterocycles. The minimum Gasteiger partial charge on any atom is -0.343 e. The van der Waals surface area contributed by atoms with Crippen LogP contribution in [-0.4, -0.2) is 35.3 Å². The molecule has 1 aliphatic carbocycles. The first-order valence-corrected chi connectivity index (χ1v) is 7.78. The van der Waals surface area contributed by atoms with Gasteiger partial charge in [-0.3, -0.25) is 9.59 Å². The summed E-state index contributed by atoms with van der Waals surface area (Å²) in [5.74, 6) is 0.782. The van der Waals surface area contributed by atoms with Crippen LogP contribution >= 0.6 is 0 Å². The summed E-state index contributed by atoms with van der Waals surface area (Å²) in [6, 6.07) is -0.539. The molecule has 0 aromatic rings. The van der Waals surface area contributed by atoms with Crippen molar-refractivity contribution in [3.63, 3.8) is 0 Å². The second kappa shape index (κ2) is 6.40. The molecule has 4 nitrogen and oxygen atoms in total. The van der Waals surface area contributed by atoms with E-state index in [-0.39, 0.29) is 23.9 Å². The predicted molar refractivity (Wildman–Crippen MR) is 74.6 cm³/mol. The lowest BCUT2D eigenvalue weighted by molar-refractivity contribution is -0.150. The maximum Gasteiger partial charge on any atom is 0.245 e. The lowest BCUT2D eigenvalue weighted by atomic mass is 9.99. The van der Waals surface area contributed by atoms with Gasteiger partial charge in [0.05, 0.1) is 0 Å². The van der Waals surface area contributed by atoms with Crippen molar-refractivity contribution in [3.8, 4) is 0 Å². The van der Waals surface area contributed by atoms with Crippen molar-refractivity contribution in [2.45, 2.75) is 70.9 Å². The molecule has 1 heterocycles. The van der Waals surface area contributed by atoms with E-state index in [9.17, 15) is 9.59 Å². The molecule has 2 amide bonds. The second-order valence-electron chi connectivity index (χ2n) is 5.91. The van der Waals surface area contributed by atoms with Gasteiger partial charge in [0.25, 0.3) is 0 Å². The summed E-state index contributed by atoms with van der Waals surface area (Å²) in [5.41, 5.74) is 0. The highest BCUT2D eigenvalue weighted by Gasteiger charge is 2.39. The Kier molecular flexibility index (Phi) is 4.83. The first-order valence-electron chi connectivity index (χ1n) is 7.78. The molecule has 108 valence electrons. The Morgan fingerprint density at radius 2 is 1.89 bits per heavy atom. The fraction of sp³-hybridized carbons (Fsp3) is 0.867. The van der Waals surface area contributed by atoms with Gasteiger partial charge in [0.2, 0.25) is 11.8 Å². The van der Waals surface area contributed by atoms with Gasteiger partial charge < -0.3 is 10.2 Å². The third-order valence-electron chi connectivity index (χ3n) is 4.47. The number of amides is 2. The van der Waals surface area contributed by atoms with Crippen molar-refractivity contribution in [2.24, 2.45) is 5.92 Å². The monoisotopic (exact) mass is 266 g/mol. The smallest absolute Gasteiger partial charge is 0.245 e. The molecule has 0 bridgehead atoms. The topological polar surface area (TPSA) is 49.4 Å². The van der Waals surface area contributed by atoms with Crippen LogP contribution in [0, 0.1) is 5.92 Å². The highest BCUT2D eigenvalue weighted by atomic mass is 16.2. The minimum atomic E-state index is -0.290. The van der Waals surface area contributed by atoms with Crippen LogP contribution in [0.4, 0.5) is 0 Å². The number of hydrogen-bond acceptors (Lipinski definition) is 2. The molecule has 2 fully saturated rings. The van der Waals surface area contributed by atoms with E-state index in [0.29, 0.717) is 12.3 Å². The molecule has 1 N–H and O–H groups in total. The fourth-order valence-electron chi connectivity index (χ4n) is 3.40. The first kappa shape index (κ1) is 14.4. The molecule has 0 aromatic carbocycles. The summed E-state index contributed by atoms with van der Waals surface area (Å²) in [6.45, 7) is 4.82. The second-order valence-corrected chi connectivity index (χ2v) is 5.91. The predicted octanol–water partition coefficient (Wildman–Crippen LogP) is 2.08. The van der Waals surface area contributed by atoms with Crippen LogP contribution in [0.2, 0.25) is 0 Å². The van der Waals surface area contributed by atoms with E-state index in [0.717, 1.165) is 19.4 Å². The molecule has 4 heteroatoms. The maximum atomic E-state index is 12.5.